The number of aromatic nitrogens is 4. The molecule has 4 rings (SSSR count). The summed E-state index contributed by atoms with van der Waals surface area (Å²) < 4.78 is 5.93. The molecule has 132 valence electrons. The van der Waals surface area contributed by atoms with Crippen molar-refractivity contribution >= 4 is 11.6 Å². The SMILES string of the molecule is Cc1ccc(NC(=O)Cn2nnc(C3CC3)n2)cc1OCC1CCC1. The Labute approximate surface area is 146 Å². The van der Waals surface area contributed by atoms with E-state index in [1.165, 1.54) is 24.1 Å². The van der Waals surface area contributed by atoms with Gasteiger partial charge in [0.1, 0.15) is 12.3 Å². The molecule has 1 aromatic carbocycles. The number of nitrogens with zero attached hydrogens (tertiary/aromatic N) is 4. The second kappa shape index (κ2) is 6.82. The Bertz CT molecular complexity index is 765. The van der Waals surface area contributed by atoms with Crippen LogP contribution in [-0.4, -0.2) is 32.7 Å². The molecule has 0 atom stereocenters. The van der Waals surface area contributed by atoms with Gasteiger partial charge in [-0.3, -0.25) is 4.79 Å². The van der Waals surface area contributed by atoms with Gasteiger partial charge in [-0.05, 0) is 55.4 Å². The molecule has 7 heteroatoms. The van der Waals surface area contributed by atoms with Gasteiger partial charge in [-0.15, -0.1) is 10.2 Å². The summed E-state index contributed by atoms with van der Waals surface area (Å²) in [4.78, 5) is 13.6. The van der Waals surface area contributed by atoms with Crippen molar-refractivity contribution in [2.75, 3.05) is 11.9 Å². The topological polar surface area (TPSA) is 81.9 Å². The van der Waals surface area contributed by atoms with Crippen LogP contribution in [0.2, 0.25) is 0 Å². The van der Waals surface area contributed by atoms with Gasteiger partial charge in [-0.2, -0.15) is 4.80 Å². The Balaban J connectivity index is 1.34. The minimum absolute atomic E-state index is 0.0614. The van der Waals surface area contributed by atoms with E-state index >= 15 is 0 Å². The second-order valence-corrected chi connectivity index (χ2v) is 7.09. The molecule has 0 unspecified atom stereocenters. The number of carbonyl (C=O) groups is 1. The van der Waals surface area contributed by atoms with Gasteiger partial charge in [0.2, 0.25) is 5.91 Å². The molecular formula is C18H23N5O2. The van der Waals surface area contributed by atoms with Gasteiger partial charge in [-0.25, -0.2) is 0 Å². The first-order valence-corrected chi connectivity index (χ1v) is 8.98. The predicted octanol–water partition coefficient (Wildman–Crippen LogP) is 2.68. The summed E-state index contributed by atoms with van der Waals surface area (Å²) in [7, 11) is 0. The van der Waals surface area contributed by atoms with Gasteiger partial charge >= 0.3 is 0 Å². The monoisotopic (exact) mass is 341 g/mol. The highest BCUT2D eigenvalue weighted by Crippen LogP contribution is 2.37. The Morgan fingerprint density at radius 2 is 2.16 bits per heavy atom. The maximum Gasteiger partial charge on any atom is 0.248 e. The Hall–Kier alpha value is -2.44. The normalized spacial score (nSPS) is 17.2. The summed E-state index contributed by atoms with van der Waals surface area (Å²) in [5.41, 5.74) is 1.80. The number of tetrazole rings is 1. The van der Waals surface area contributed by atoms with E-state index < -0.39 is 0 Å². The lowest BCUT2D eigenvalue weighted by molar-refractivity contribution is -0.117. The molecule has 7 nitrogen and oxygen atoms in total. The van der Waals surface area contributed by atoms with Gasteiger partial charge in [0.15, 0.2) is 5.82 Å². The highest BCUT2D eigenvalue weighted by Gasteiger charge is 2.28. The molecule has 1 amide bonds. The lowest BCUT2D eigenvalue weighted by Crippen LogP contribution is -2.21. The molecule has 2 aromatic rings. The number of nitrogens with one attached hydrogen (secondary N) is 1. The summed E-state index contributed by atoms with van der Waals surface area (Å²) in [6, 6.07) is 5.73. The summed E-state index contributed by atoms with van der Waals surface area (Å²) in [6.45, 7) is 2.83. The van der Waals surface area contributed by atoms with Crippen LogP contribution in [0.15, 0.2) is 18.2 Å². The van der Waals surface area contributed by atoms with Crippen LogP contribution in [0.5, 0.6) is 5.75 Å². The van der Waals surface area contributed by atoms with Crippen LogP contribution in [0.3, 0.4) is 0 Å². The minimum Gasteiger partial charge on any atom is -0.493 e. The molecule has 0 spiro atoms. The van der Waals surface area contributed by atoms with Gasteiger partial charge in [-0.1, -0.05) is 12.5 Å². The van der Waals surface area contributed by atoms with Crippen LogP contribution in [-0.2, 0) is 11.3 Å². The van der Waals surface area contributed by atoms with Crippen molar-refractivity contribution in [2.24, 2.45) is 5.92 Å². The molecule has 1 N–H and O–H groups in total. The van der Waals surface area contributed by atoms with E-state index in [9.17, 15) is 4.79 Å². The highest BCUT2D eigenvalue weighted by atomic mass is 16.5. The number of ether oxygens (including phenoxy) is 1. The average molecular weight is 341 g/mol. The molecule has 2 saturated carbocycles. The van der Waals surface area contributed by atoms with E-state index in [4.69, 9.17) is 4.74 Å². The maximum atomic E-state index is 12.2. The molecule has 0 saturated heterocycles. The van der Waals surface area contributed by atoms with Crippen molar-refractivity contribution in [3.63, 3.8) is 0 Å². The number of aryl methyl sites for hydroxylation is 1. The lowest BCUT2D eigenvalue weighted by atomic mass is 9.86. The molecule has 25 heavy (non-hydrogen) atoms. The highest BCUT2D eigenvalue weighted by molar-refractivity contribution is 5.90. The van der Waals surface area contributed by atoms with Crippen LogP contribution >= 0.6 is 0 Å². The average Bonchev–Trinajstić information content (AvgIpc) is 3.29. The Morgan fingerprint density at radius 3 is 2.88 bits per heavy atom. The van der Waals surface area contributed by atoms with Gasteiger partial charge in [0, 0.05) is 17.7 Å². The summed E-state index contributed by atoms with van der Waals surface area (Å²) in [5, 5.41) is 15.1. The van der Waals surface area contributed by atoms with Gasteiger partial charge < -0.3 is 10.1 Å². The fraction of sp³-hybridized carbons (Fsp3) is 0.556. The fourth-order valence-corrected chi connectivity index (χ4v) is 2.86. The molecule has 1 heterocycles. The lowest BCUT2D eigenvalue weighted by Gasteiger charge is -2.25. The first-order valence-electron chi connectivity index (χ1n) is 8.98. The molecule has 1 aromatic heterocycles. The number of carbonyl (C=O) groups excluding carboxylic acids is 1. The first kappa shape index (κ1) is 16.1. The molecule has 0 aliphatic heterocycles. The second-order valence-electron chi connectivity index (χ2n) is 7.09. The van der Waals surface area contributed by atoms with E-state index in [-0.39, 0.29) is 12.5 Å². The van der Waals surface area contributed by atoms with Crippen LogP contribution < -0.4 is 10.1 Å². The molecule has 2 aliphatic rings. The molecule has 0 radical (unpaired) electrons. The van der Waals surface area contributed by atoms with Crippen molar-refractivity contribution in [3.05, 3.63) is 29.6 Å². The quantitative estimate of drug-likeness (QED) is 0.837. The van der Waals surface area contributed by atoms with Crippen molar-refractivity contribution in [2.45, 2.75) is 51.5 Å². The Kier molecular flexibility index (Phi) is 4.38. The number of amides is 1. The van der Waals surface area contributed by atoms with Crippen LogP contribution in [0.1, 0.15) is 49.4 Å². The third-order valence-electron chi connectivity index (χ3n) is 4.87. The molecule has 2 aliphatic carbocycles. The maximum absolute atomic E-state index is 12.2. The number of anilines is 1. The zero-order valence-electron chi connectivity index (χ0n) is 14.4. The zero-order chi connectivity index (χ0) is 17.2. The summed E-state index contributed by atoms with van der Waals surface area (Å²) >= 11 is 0. The number of hydrogen-bond acceptors (Lipinski definition) is 5. The van der Waals surface area contributed by atoms with E-state index in [1.54, 1.807) is 0 Å². The number of benzene rings is 1. The van der Waals surface area contributed by atoms with Gasteiger partial charge in [0.25, 0.3) is 0 Å². The smallest absolute Gasteiger partial charge is 0.248 e. The third kappa shape index (κ3) is 3.97. The molecular weight excluding hydrogens is 318 g/mol. The zero-order valence-corrected chi connectivity index (χ0v) is 14.4. The van der Waals surface area contributed by atoms with Crippen LogP contribution in [0.4, 0.5) is 5.69 Å². The summed E-state index contributed by atoms with van der Waals surface area (Å²) in [5.74, 6) is 2.52. The Morgan fingerprint density at radius 1 is 1.32 bits per heavy atom. The largest absolute Gasteiger partial charge is 0.493 e. The van der Waals surface area contributed by atoms with Crippen LogP contribution in [0.25, 0.3) is 0 Å². The molecule has 0 bridgehead atoms. The van der Waals surface area contributed by atoms with E-state index in [2.05, 4.69) is 20.7 Å². The van der Waals surface area contributed by atoms with Crippen molar-refractivity contribution in [1.82, 2.24) is 20.2 Å². The van der Waals surface area contributed by atoms with E-state index in [0.29, 0.717) is 11.8 Å². The minimum atomic E-state index is -0.173. The predicted molar refractivity (Wildman–Crippen MR) is 92.4 cm³/mol. The van der Waals surface area contributed by atoms with Crippen molar-refractivity contribution < 1.29 is 9.53 Å². The van der Waals surface area contributed by atoms with E-state index in [1.807, 2.05) is 25.1 Å². The molecule has 2 fully saturated rings. The van der Waals surface area contributed by atoms with Crippen molar-refractivity contribution in [1.29, 1.82) is 0 Å². The summed E-state index contributed by atoms with van der Waals surface area (Å²) in [6.07, 6.45) is 6.05. The number of rotatable bonds is 7. The fourth-order valence-electron chi connectivity index (χ4n) is 2.86. The van der Waals surface area contributed by atoms with Crippen molar-refractivity contribution in [3.8, 4) is 5.75 Å². The third-order valence-corrected chi connectivity index (χ3v) is 4.87. The first-order chi connectivity index (χ1) is 12.2. The van der Waals surface area contributed by atoms with Gasteiger partial charge in [0.05, 0.1) is 6.61 Å². The number of hydrogen-bond donors (Lipinski definition) is 1. The standard InChI is InChI=1S/C18H23N5O2/c1-12-5-8-15(9-16(12)25-11-13-3-2-4-13)19-17(24)10-23-21-18(20-22-23)14-6-7-14/h5,8-9,13-14H,2-4,6-7,10-11H2,1H3,(H,19,24). The van der Waals surface area contributed by atoms with E-state index in [0.717, 1.165) is 42.3 Å². The van der Waals surface area contributed by atoms with Crippen LogP contribution in [0, 0.1) is 12.8 Å².